The second-order valence-electron chi connectivity index (χ2n) is 4.72. The maximum absolute atomic E-state index is 11.5. The van der Waals surface area contributed by atoms with Crippen LogP contribution in [0.1, 0.15) is 32.6 Å². The van der Waals surface area contributed by atoms with Crippen molar-refractivity contribution in [1.82, 2.24) is 10.6 Å². The molecule has 0 rings (SSSR count). The minimum absolute atomic E-state index is 0.00514. The minimum atomic E-state index is 0.00514. The molecular weight excluding hydrogens is 230 g/mol. The van der Waals surface area contributed by atoms with Gasteiger partial charge in [0, 0.05) is 18.6 Å². The molecule has 0 aliphatic rings. The smallest absolute Gasteiger partial charge is 0.234 e. The van der Waals surface area contributed by atoms with Crippen LogP contribution in [0.5, 0.6) is 0 Å². The standard InChI is InChI=1S/C12H29N5O/c1-10(4-2-6-13)17-12(18)9-16-8-11(15)5-3-7-14/h10-11,16H,2-9,13-15H2,1H3,(H,17,18). The molecule has 0 aromatic heterocycles. The van der Waals surface area contributed by atoms with Crippen molar-refractivity contribution in [2.75, 3.05) is 26.2 Å². The van der Waals surface area contributed by atoms with Gasteiger partial charge in [-0.15, -0.1) is 0 Å². The summed E-state index contributed by atoms with van der Waals surface area (Å²) in [5.74, 6) is 0.00514. The van der Waals surface area contributed by atoms with Crippen LogP contribution in [0.4, 0.5) is 0 Å². The van der Waals surface area contributed by atoms with Crippen LogP contribution in [0.25, 0.3) is 0 Å². The van der Waals surface area contributed by atoms with E-state index >= 15 is 0 Å². The van der Waals surface area contributed by atoms with Gasteiger partial charge in [-0.05, 0) is 45.7 Å². The van der Waals surface area contributed by atoms with Gasteiger partial charge in [0.15, 0.2) is 0 Å². The molecule has 0 saturated carbocycles. The Labute approximate surface area is 110 Å². The van der Waals surface area contributed by atoms with E-state index in [4.69, 9.17) is 17.2 Å². The molecule has 0 fully saturated rings. The predicted molar refractivity (Wildman–Crippen MR) is 75.0 cm³/mol. The van der Waals surface area contributed by atoms with Gasteiger partial charge in [0.25, 0.3) is 0 Å². The third-order valence-electron chi connectivity index (χ3n) is 2.72. The molecule has 108 valence electrons. The van der Waals surface area contributed by atoms with Crippen molar-refractivity contribution < 1.29 is 4.79 Å². The van der Waals surface area contributed by atoms with E-state index in [0.717, 1.165) is 25.7 Å². The maximum Gasteiger partial charge on any atom is 0.234 e. The molecule has 0 spiro atoms. The van der Waals surface area contributed by atoms with Crippen LogP contribution in [0.2, 0.25) is 0 Å². The van der Waals surface area contributed by atoms with Crippen molar-refractivity contribution in [2.45, 2.75) is 44.7 Å². The van der Waals surface area contributed by atoms with Gasteiger partial charge in [0.1, 0.15) is 0 Å². The average Bonchev–Trinajstić information content (AvgIpc) is 2.33. The summed E-state index contributed by atoms with van der Waals surface area (Å²) in [5.41, 5.74) is 16.7. The number of amides is 1. The van der Waals surface area contributed by atoms with Crippen molar-refractivity contribution in [3.63, 3.8) is 0 Å². The van der Waals surface area contributed by atoms with E-state index in [2.05, 4.69) is 10.6 Å². The Balaban J connectivity index is 3.52. The number of rotatable bonds is 11. The molecule has 0 radical (unpaired) electrons. The highest BCUT2D eigenvalue weighted by Gasteiger charge is 2.07. The van der Waals surface area contributed by atoms with Crippen LogP contribution >= 0.6 is 0 Å². The molecule has 6 nitrogen and oxygen atoms in total. The highest BCUT2D eigenvalue weighted by Crippen LogP contribution is 1.94. The zero-order chi connectivity index (χ0) is 13.8. The van der Waals surface area contributed by atoms with E-state index in [1.807, 2.05) is 6.92 Å². The van der Waals surface area contributed by atoms with Gasteiger partial charge in [-0.1, -0.05) is 0 Å². The molecule has 1 amide bonds. The Morgan fingerprint density at radius 3 is 2.39 bits per heavy atom. The topological polar surface area (TPSA) is 119 Å². The summed E-state index contributed by atoms with van der Waals surface area (Å²) in [4.78, 5) is 11.5. The Hall–Kier alpha value is -0.690. The summed E-state index contributed by atoms with van der Waals surface area (Å²) in [7, 11) is 0. The first-order valence-electron chi connectivity index (χ1n) is 6.76. The number of carbonyl (C=O) groups excluding carboxylic acids is 1. The number of nitrogens with two attached hydrogens (primary N) is 3. The SMILES string of the molecule is CC(CCCN)NC(=O)CNCC(N)CCCN. The lowest BCUT2D eigenvalue weighted by Gasteiger charge is -2.15. The summed E-state index contributed by atoms with van der Waals surface area (Å²) in [6.07, 6.45) is 3.65. The van der Waals surface area contributed by atoms with Crippen molar-refractivity contribution in [1.29, 1.82) is 0 Å². The molecule has 0 aliphatic heterocycles. The van der Waals surface area contributed by atoms with E-state index in [-0.39, 0.29) is 18.0 Å². The quantitative estimate of drug-likeness (QED) is 0.322. The molecule has 8 N–H and O–H groups in total. The Bertz CT molecular complexity index is 213. The molecule has 2 unspecified atom stereocenters. The fourth-order valence-electron chi connectivity index (χ4n) is 1.68. The first-order valence-corrected chi connectivity index (χ1v) is 6.76. The lowest BCUT2D eigenvalue weighted by Crippen LogP contribution is -2.42. The van der Waals surface area contributed by atoms with E-state index in [1.165, 1.54) is 0 Å². The molecule has 0 aliphatic carbocycles. The van der Waals surface area contributed by atoms with Crippen LogP contribution in [0.3, 0.4) is 0 Å². The molecule has 0 saturated heterocycles. The first-order chi connectivity index (χ1) is 8.60. The lowest BCUT2D eigenvalue weighted by molar-refractivity contribution is -0.120. The molecule has 0 heterocycles. The molecule has 0 aromatic carbocycles. The van der Waals surface area contributed by atoms with E-state index < -0.39 is 0 Å². The molecule has 0 bridgehead atoms. The fraction of sp³-hybridized carbons (Fsp3) is 0.917. The number of hydrogen-bond acceptors (Lipinski definition) is 5. The molecule has 18 heavy (non-hydrogen) atoms. The van der Waals surface area contributed by atoms with Gasteiger partial charge in [0.05, 0.1) is 6.54 Å². The van der Waals surface area contributed by atoms with Crippen molar-refractivity contribution in [3.05, 3.63) is 0 Å². The Morgan fingerprint density at radius 2 is 1.78 bits per heavy atom. The van der Waals surface area contributed by atoms with E-state index in [0.29, 0.717) is 26.2 Å². The monoisotopic (exact) mass is 259 g/mol. The normalized spacial score (nSPS) is 14.2. The van der Waals surface area contributed by atoms with Crippen LogP contribution in [0, 0.1) is 0 Å². The van der Waals surface area contributed by atoms with Gasteiger partial charge in [-0.25, -0.2) is 0 Å². The van der Waals surface area contributed by atoms with Crippen molar-refractivity contribution in [2.24, 2.45) is 17.2 Å². The van der Waals surface area contributed by atoms with E-state index in [1.54, 1.807) is 0 Å². The Morgan fingerprint density at radius 1 is 1.17 bits per heavy atom. The number of carbonyl (C=O) groups is 1. The van der Waals surface area contributed by atoms with E-state index in [9.17, 15) is 4.79 Å². The summed E-state index contributed by atoms with van der Waals surface area (Å²) >= 11 is 0. The van der Waals surface area contributed by atoms with Crippen LogP contribution < -0.4 is 27.8 Å². The average molecular weight is 259 g/mol. The number of nitrogens with one attached hydrogen (secondary N) is 2. The molecular formula is C12H29N5O. The third kappa shape index (κ3) is 10.5. The summed E-state index contributed by atoms with van der Waals surface area (Å²) in [5, 5.41) is 5.97. The molecule has 0 aromatic rings. The lowest BCUT2D eigenvalue weighted by atomic mass is 10.1. The van der Waals surface area contributed by atoms with Crippen molar-refractivity contribution >= 4 is 5.91 Å². The highest BCUT2D eigenvalue weighted by molar-refractivity contribution is 5.78. The summed E-state index contributed by atoms with van der Waals surface area (Å²) < 4.78 is 0. The molecule has 2 atom stereocenters. The predicted octanol–water partition coefficient (Wildman–Crippen LogP) is -1.11. The zero-order valence-corrected chi connectivity index (χ0v) is 11.5. The van der Waals surface area contributed by atoms with Crippen LogP contribution in [-0.4, -0.2) is 44.2 Å². The second-order valence-corrected chi connectivity index (χ2v) is 4.72. The summed E-state index contributed by atoms with van der Waals surface area (Å²) in [6.45, 7) is 4.26. The van der Waals surface area contributed by atoms with Crippen LogP contribution in [-0.2, 0) is 4.79 Å². The van der Waals surface area contributed by atoms with Gasteiger partial charge in [0.2, 0.25) is 5.91 Å². The molecule has 6 heteroatoms. The van der Waals surface area contributed by atoms with Crippen molar-refractivity contribution in [3.8, 4) is 0 Å². The Kier molecular flexibility index (Phi) is 11.0. The first kappa shape index (κ1) is 17.3. The largest absolute Gasteiger partial charge is 0.353 e. The van der Waals surface area contributed by atoms with Gasteiger partial charge in [-0.3, -0.25) is 4.79 Å². The fourth-order valence-corrected chi connectivity index (χ4v) is 1.68. The van der Waals surface area contributed by atoms with Gasteiger partial charge >= 0.3 is 0 Å². The zero-order valence-electron chi connectivity index (χ0n) is 11.5. The van der Waals surface area contributed by atoms with Gasteiger partial charge < -0.3 is 27.8 Å². The number of hydrogen-bond donors (Lipinski definition) is 5. The second kappa shape index (κ2) is 11.4. The van der Waals surface area contributed by atoms with Gasteiger partial charge in [-0.2, -0.15) is 0 Å². The third-order valence-corrected chi connectivity index (χ3v) is 2.72. The minimum Gasteiger partial charge on any atom is -0.353 e. The summed E-state index contributed by atoms with van der Waals surface area (Å²) in [6, 6.07) is 0.241. The maximum atomic E-state index is 11.5. The highest BCUT2D eigenvalue weighted by atomic mass is 16.1. The van der Waals surface area contributed by atoms with Crippen LogP contribution in [0.15, 0.2) is 0 Å².